The van der Waals surface area contributed by atoms with Crippen LogP contribution in [0.5, 0.6) is 0 Å². The molecule has 0 spiro atoms. The van der Waals surface area contributed by atoms with Crippen LogP contribution in [-0.4, -0.2) is 46.2 Å². The zero-order chi connectivity index (χ0) is 24.3. The Labute approximate surface area is 200 Å². The zero-order valence-corrected chi connectivity index (χ0v) is 19.2. The SMILES string of the molecule is C=C(Cc1cc(F)cc(Cl)c1)CN1C(=O)CC(O)N(CC(=C)Cc2cc(F)cc(Cl)c2)C1=O. The number of halogens is 4. The summed E-state index contributed by atoms with van der Waals surface area (Å²) < 4.78 is 27.2. The molecule has 1 aliphatic heterocycles. The average Bonchev–Trinajstić information content (AvgIpc) is 2.66. The van der Waals surface area contributed by atoms with E-state index in [4.69, 9.17) is 23.2 Å². The number of aliphatic hydroxyl groups is 1. The number of urea groups is 1. The van der Waals surface area contributed by atoms with Crippen molar-refractivity contribution in [2.24, 2.45) is 0 Å². The van der Waals surface area contributed by atoms with Crippen molar-refractivity contribution in [2.75, 3.05) is 13.1 Å². The van der Waals surface area contributed by atoms with Gasteiger partial charge < -0.3 is 5.11 Å². The van der Waals surface area contributed by atoms with E-state index in [1.54, 1.807) is 12.1 Å². The summed E-state index contributed by atoms with van der Waals surface area (Å²) >= 11 is 11.7. The molecule has 0 radical (unpaired) electrons. The van der Waals surface area contributed by atoms with E-state index in [1.807, 2.05) is 0 Å². The summed E-state index contributed by atoms with van der Waals surface area (Å²) in [6.45, 7) is 7.67. The van der Waals surface area contributed by atoms with E-state index in [1.165, 1.54) is 24.3 Å². The predicted molar refractivity (Wildman–Crippen MR) is 123 cm³/mol. The van der Waals surface area contributed by atoms with Crippen LogP contribution in [0, 0.1) is 11.6 Å². The van der Waals surface area contributed by atoms with Crippen molar-refractivity contribution in [1.29, 1.82) is 0 Å². The Morgan fingerprint density at radius 3 is 1.88 bits per heavy atom. The van der Waals surface area contributed by atoms with E-state index >= 15 is 0 Å². The van der Waals surface area contributed by atoms with Crippen LogP contribution in [0.4, 0.5) is 13.6 Å². The minimum absolute atomic E-state index is 0.0378. The molecule has 3 amide bonds. The Morgan fingerprint density at radius 1 is 0.909 bits per heavy atom. The van der Waals surface area contributed by atoms with Crippen LogP contribution >= 0.6 is 23.2 Å². The third kappa shape index (κ3) is 6.63. The lowest BCUT2D eigenvalue weighted by atomic mass is 10.0. The summed E-state index contributed by atoms with van der Waals surface area (Å²) in [4.78, 5) is 27.5. The van der Waals surface area contributed by atoms with Gasteiger partial charge in [0.25, 0.3) is 0 Å². The van der Waals surface area contributed by atoms with E-state index in [0.717, 1.165) is 9.80 Å². The number of rotatable bonds is 8. The van der Waals surface area contributed by atoms with Gasteiger partial charge in [0.2, 0.25) is 5.91 Å². The molecule has 1 fully saturated rings. The van der Waals surface area contributed by atoms with E-state index in [0.29, 0.717) is 22.3 Å². The highest BCUT2D eigenvalue weighted by molar-refractivity contribution is 6.30. The van der Waals surface area contributed by atoms with Crippen LogP contribution in [0.2, 0.25) is 10.0 Å². The fourth-order valence-corrected chi connectivity index (χ4v) is 4.16. The van der Waals surface area contributed by atoms with Crippen molar-refractivity contribution in [1.82, 2.24) is 9.80 Å². The molecule has 33 heavy (non-hydrogen) atoms. The van der Waals surface area contributed by atoms with Gasteiger partial charge in [-0.05, 0) is 60.4 Å². The molecule has 1 aliphatic rings. The summed E-state index contributed by atoms with van der Waals surface area (Å²) in [6, 6.07) is 7.43. The Kier molecular flexibility index (Phi) is 7.89. The largest absolute Gasteiger partial charge is 0.373 e. The number of benzene rings is 2. The summed E-state index contributed by atoms with van der Waals surface area (Å²) in [6.07, 6.45) is -1.16. The van der Waals surface area contributed by atoms with Crippen molar-refractivity contribution in [2.45, 2.75) is 25.5 Å². The number of imide groups is 1. The van der Waals surface area contributed by atoms with Crippen LogP contribution in [-0.2, 0) is 17.6 Å². The molecule has 2 aromatic rings. The standard InChI is InChI=1S/C24H22Cl2F2N2O3/c1-14(3-16-5-18(25)9-20(27)7-16)12-29-22(31)11-23(32)30(24(29)33)13-15(2)4-17-6-19(26)10-21(28)8-17/h5-10,22,31H,1-4,11-13H2. The first-order valence-electron chi connectivity index (χ1n) is 10.0. The van der Waals surface area contributed by atoms with Gasteiger partial charge in [0.1, 0.15) is 17.9 Å². The molecule has 1 heterocycles. The van der Waals surface area contributed by atoms with Crippen LogP contribution in [0.1, 0.15) is 17.5 Å². The Hall–Kier alpha value is -2.74. The molecule has 0 aromatic heterocycles. The van der Waals surface area contributed by atoms with Crippen molar-refractivity contribution >= 4 is 35.1 Å². The minimum atomic E-state index is -1.32. The normalized spacial score (nSPS) is 16.3. The number of aliphatic hydroxyl groups excluding tert-OH is 1. The number of hydrogen-bond acceptors (Lipinski definition) is 3. The molecule has 5 nitrogen and oxygen atoms in total. The third-order valence-electron chi connectivity index (χ3n) is 5.02. The lowest BCUT2D eigenvalue weighted by Gasteiger charge is -2.38. The van der Waals surface area contributed by atoms with Gasteiger partial charge in [0.05, 0.1) is 13.0 Å². The topological polar surface area (TPSA) is 60.9 Å². The lowest BCUT2D eigenvalue weighted by Crippen LogP contribution is -2.57. The molecule has 1 atom stereocenters. The molecular formula is C24H22Cl2F2N2O3. The van der Waals surface area contributed by atoms with Crippen molar-refractivity contribution in [3.8, 4) is 0 Å². The number of nitrogens with zero attached hydrogens (tertiary/aromatic N) is 2. The summed E-state index contributed by atoms with van der Waals surface area (Å²) in [5.41, 5.74) is 2.13. The zero-order valence-electron chi connectivity index (χ0n) is 17.7. The second-order valence-corrected chi connectivity index (χ2v) is 8.86. The van der Waals surface area contributed by atoms with Gasteiger partial charge in [0.15, 0.2) is 0 Å². The fourth-order valence-electron chi connectivity index (χ4n) is 3.67. The number of hydrogen-bond donors (Lipinski definition) is 1. The van der Waals surface area contributed by atoms with Gasteiger partial charge in [-0.15, -0.1) is 0 Å². The van der Waals surface area contributed by atoms with Crippen molar-refractivity contribution < 1.29 is 23.5 Å². The maximum atomic E-state index is 13.6. The summed E-state index contributed by atoms with van der Waals surface area (Å²) in [5, 5.41) is 10.8. The van der Waals surface area contributed by atoms with Crippen molar-refractivity contribution in [3.05, 3.63) is 93.5 Å². The molecular weight excluding hydrogens is 473 g/mol. The second kappa shape index (κ2) is 10.5. The highest BCUT2D eigenvalue weighted by Gasteiger charge is 2.38. The number of carbonyl (C=O) groups is 2. The second-order valence-electron chi connectivity index (χ2n) is 7.98. The van der Waals surface area contributed by atoms with Gasteiger partial charge in [-0.3, -0.25) is 14.6 Å². The highest BCUT2D eigenvalue weighted by Crippen LogP contribution is 2.22. The maximum Gasteiger partial charge on any atom is 0.329 e. The first-order valence-corrected chi connectivity index (χ1v) is 10.8. The number of carbonyl (C=O) groups excluding carboxylic acids is 2. The Morgan fingerprint density at radius 2 is 1.39 bits per heavy atom. The van der Waals surface area contributed by atoms with E-state index in [9.17, 15) is 23.5 Å². The molecule has 9 heteroatoms. The average molecular weight is 495 g/mol. The first-order chi connectivity index (χ1) is 15.5. The molecule has 0 aliphatic carbocycles. The molecule has 0 saturated carbocycles. The molecule has 1 unspecified atom stereocenters. The smallest absolute Gasteiger partial charge is 0.329 e. The molecule has 1 N–H and O–H groups in total. The molecule has 174 valence electrons. The van der Waals surface area contributed by atoms with Crippen molar-refractivity contribution in [3.63, 3.8) is 0 Å². The highest BCUT2D eigenvalue weighted by atomic mass is 35.5. The van der Waals surface area contributed by atoms with Gasteiger partial charge in [-0.1, -0.05) is 47.5 Å². The minimum Gasteiger partial charge on any atom is -0.373 e. The third-order valence-corrected chi connectivity index (χ3v) is 5.46. The fraction of sp³-hybridized carbons (Fsp3) is 0.250. The maximum absolute atomic E-state index is 13.6. The first kappa shape index (κ1) is 24.9. The number of amides is 3. The van der Waals surface area contributed by atoms with Crippen LogP contribution in [0.25, 0.3) is 0 Å². The van der Waals surface area contributed by atoms with Gasteiger partial charge in [-0.25, -0.2) is 13.6 Å². The quantitative estimate of drug-likeness (QED) is 0.516. The van der Waals surface area contributed by atoms with Crippen LogP contribution in [0.3, 0.4) is 0 Å². The van der Waals surface area contributed by atoms with Crippen LogP contribution < -0.4 is 0 Å². The molecule has 2 aromatic carbocycles. The summed E-state index contributed by atoms with van der Waals surface area (Å²) in [5.74, 6) is -1.54. The van der Waals surface area contributed by atoms with Gasteiger partial charge in [0, 0.05) is 16.6 Å². The lowest BCUT2D eigenvalue weighted by molar-refractivity contribution is -0.137. The van der Waals surface area contributed by atoms with Crippen LogP contribution in [0.15, 0.2) is 60.7 Å². The van der Waals surface area contributed by atoms with Gasteiger partial charge in [-0.2, -0.15) is 0 Å². The van der Waals surface area contributed by atoms with E-state index in [-0.39, 0.29) is 42.4 Å². The molecule has 0 bridgehead atoms. The monoisotopic (exact) mass is 494 g/mol. The van der Waals surface area contributed by atoms with E-state index in [2.05, 4.69) is 13.2 Å². The Bertz CT molecular complexity index is 1080. The Balaban J connectivity index is 1.66. The van der Waals surface area contributed by atoms with E-state index < -0.39 is 29.8 Å². The van der Waals surface area contributed by atoms with Gasteiger partial charge >= 0.3 is 6.03 Å². The summed E-state index contributed by atoms with van der Waals surface area (Å²) in [7, 11) is 0. The predicted octanol–water partition coefficient (Wildman–Crippen LogP) is 5.14. The molecule has 3 rings (SSSR count). The molecule has 1 saturated heterocycles.